The van der Waals surface area contributed by atoms with Crippen molar-refractivity contribution in [3.8, 4) is 17.2 Å². The first-order chi connectivity index (χ1) is 20.0. The van der Waals surface area contributed by atoms with Crippen LogP contribution in [0.1, 0.15) is 121 Å². The molecule has 0 bridgehead atoms. The molecule has 3 atom stereocenters. The van der Waals surface area contributed by atoms with Gasteiger partial charge in [0.15, 0.2) is 6.10 Å². The number of unbranched alkanes of at least 4 members (excludes halogenated alkanes) is 10. The molecule has 1 heterocycles. The van der Waals surface area contributed by atoms with Gasteiger partial charge in [0.2, 0.25) is 0 Å². The molecule has 0 aliphatic carbocycles. The summed E-state index contributed by atoms with van der Waals surface area (Å²) >= 11 is 0. The van der Waals surface area contributed by atoms with Gasteiger partial charge in [-0.1, -0.05) is 97.8 Å². The fourth-order valence-electron chi connectivity index (χ4n) is 5.14. The molecule has 41 heavy (non-hydrogen) atoms. The zero-order chi connectivity index (χ0) is 29.3. The first kappa shape index (κ1) is 32.7. The molecule has 0 aromatic heterocycles. The Labute approximate surface area is 247 Å². The van der Waals surface area contributed by atoms with Crippen molar-refractivity contribution in [2.45, 2.75) is 123 Å². The zero-order valence-corrected chi connectivity index (χ0v) is 25.4. The van der Waals surface area contributed by atoms with E-state index in [0.29, 0.717) is 29.6 Å². The van der Waals surface area contributed by atoms with Gasteiger partial charge >= 0.3 is 11.9 Å². The Morgan fingerprint density at radius 2 is 1.22 bits per heavy atom. The van der Waals surface area contributed by atoms with E-state index in [1.54, 1.807) is 48.5 Å². The lowest BCUT2D eigenvalue weighted by molar-refractivity contribution is -0.135. The van der Waals surface area contributed by atoms with Gasteiger partial charge < -0.3 is 18.9 Å². The molecule has 6 heteroatoms. The van der Waals surface area contributed by atoms with Gasteiger partial charge in [0.05, 0.1) is 18.3 Å². The highest BCUT2D eigenvalue weighted by molar-refractivity contribution is 5.91. The highest BCUT2D eigenvalue weighted by Crippen LogP contribution is 2.36. The number of rotatable bonds is 21. The molecule has 1 fully saturated rings. The highest BCUT2D eigenvalue weighted by Gasteiger charge is 2.50. The molecule has 2 aromatic rings. The number of carbonyl (C=O) groups is 2. The number of epoxide rings is 1. The van der Waals surface area contributed by atoms with E-state index in [0.717, 1.165) is 25.0 Å². The Hall–Kier alpha value is -2.86. The third kappa shape index (κ3) is 11.9. The molecule has 0 spiro atoms. The molecule has 0 amide bonds. The number of hydrogen-bond donors (Lipinski definition) is 0. The Bertz CT molecular complexity index is 1020. The van der Waals surface area contributed by atoms with E-state index in [1.165, 1.54) is 70.6 Å². The standard InChI is InChI=1S/C35H50O6/c1-4-7-9-11-12-13-14-16-26-38-29-20-18-28(19-21-29)34(36)39-30-22-24-31(25-23-30)40-35(37)33-32(41-33)27(6-3)17-15-10-8-5-2/h18-25,27,32-33H,4-17,26H2,1-3H3/t27?,32-,33+/m0/s1. The normalized spacial score (nSPS) is 16.7. The number of hydrogen-bond acceptors (Lipinski definition) is 6. The summed E-state index contributed by atoms with van der Waals surface area (Å²) in [4.78, 5) is 25.2. The van der Waals surface area contributed by atoms with Gasteiger partial charge in [-0.05, 0) is 67.3 Å². The van der Waals surface area contributed by atoms with Crippen LogP contribution in [0.4, 0.5) is 0 Å². The lowest BCUT2D eigenvalue weighted by Crippen LogP contribution is -2.20. The average Bonchev–Trinajstić information content (AvgIpc) is 3.79. The van der Waals surface area contributed by atoms with Crippen molar-refractivity contribution in [2.24, 2.45) is 5.92 Å². The topological polar surface area (TPSA) is 74.4 Å². The monoisotopic (exact) mass is 566 g/mol. The Morgan fingerprint density at radius 1 is 0.683 bits per heavy atom. The van der Waals surface area contributed by atoms with Crippen LogP contribution in [0.2, 0.25) is 0 Å². The summed E-state index contributed by atoms with van der Waals surface area (Å²) < 4.78 is 22.5. The van der Waals surface area contributed by atoms with Crippen LogP contribution >= 0.6 is 0 Å². The molecule has 6 nitrogen and oxygen atoms in total. The van der Waals surface area contributed by atoms with Crippen molar-refractivity contribution in [3.05, 3.63) is 54.1 Å². The van der Waals surface area contributed by atoms with Crippen LogP contribution in [0.15, 0.2) is 48.5 Å². The number of benzene rings is 2. The smallest absolute Gasteiger partial charge is 0.343 e. The summed E-state index contributed by atoms with van der Waals surface area (Å²) in [6, 6.07) is 13.5. The summed E-state index contributed by atoms with van der Waals surface area (Å²) in [5, 5.41) is 0. The summed E-state index contributed by atoms with van der Waals surface area (Å²) in [7, 11) is 0. The van der Waals surface area contributed by atoms with Crippen molar-refractivity contribution < 1.29 is 28.5 Å². The molecule has 1 aliphatic heterocycles. The molecule has 3 rings (SSSR count). The van der Waals surface area contributed by atoms with E-state index in [4.69, 9.17) is 18.9 Å². The number of carbonyl (C=O) groups excluding carboxylic acids is 2. The van der Waals surface area contributed by atoms with E-state index < -0.39 is 12.1 Å². The third-order valence-corrected chi connectivity index (χ3v) is 7.78. The maximum absolute atomic E-state index is 12.6. The summed E-state index contributed by atoms with van der Waals surface area (Å²) in [5.41, 5.74) is 0.442. The SMILES string of the molecule is CCCCCCCCCCOc1ccc(C(=O)Oc2ccc(OC(=O)[C@@H]3O[C@H]3C(CC)CCCCCC)cc2)cc1. The predicted octanol–water partition coefficient (Wildman–Crippen LogP) is 9.09. The quantitative estimate of drug-likeness (QED) is 0.0649. The van der Waals surface area contributed by atoms with Crippen molar-refractivity contribution in [1.82, 2.24) is 0 Å². The van der Waals surface area contributed by atoms with Crippen LogP contribution in [-0.4, -0.2) is 30.8 Å². The van der Waals surface area contributed by atoms with Gasteiger partial charge in [0, 0.05) is 0 Å². The van der Waals surface area contributed by atoms with Crippen LogP contribution in [0.3, 0.4) is 0 Å². The van der Waals surface area contributed by atoms with Gasteiger partial charge in [0.1, 0.15) is 17.2 Å². The van der Waals surface area contributed by atoms with Gasteiger partial charge in [-0.25, -0.2) is 9.59 Å². The molecule has 0 radical (unpaired) electrons. The minimum atomic E-state index is -0.490. The molecule has 1 saturated heterocycles. The predicted molar refractivity (Wildman–Crippen MR) is 163 cm³/mol. The van der Waals surface area contributed by atoms with Crippen molar-refractivity contribution in [2.75, 3.05) is 6.61 Å². The third-order valence-electron chi connectivity index (χ3n) is 7.78. The van der Waals surface area contributed by atoms with E-state index in [9.17, 15) is 9.59 Å². The molecule has 1 aliphatic rings. The number of esters is 2. The fourth-order valence-corrected chi connectivity index (χ4v) is 5.14. The average molecular weight is 567 g/mol. The Morgan fingerprint density at radius 3 is 1.83 bits per heavy atom. The van der Waals surface area contributed by atoms with E-state index >= 15 is 0 Å². The lowest BCUT2D eigenvalue weighted by Gasteiger charge is -2.11. The van der Waals surface area contributed by atoms with Crippen LogP contribution in [-0.2, 0) is 9.53 Å². The molecule has 1 unspecified atom stereocenters. The van der Waals surface area contributed by atoms with Crippen LogP contribution in [0.5, 0.6) is 17.2 Å². The second kappa shape index (κ2) is 18.5. The fraction of sp³-hybridized carbons (Fsp3) is 0.600. The maximum atomic E-state index is 12.6. The van der Waals surface area contributed by atoms with E-state index in [2.05, 4.69) is 20.8 Å². The minimum absolute atomic E-state index is 0.0451. The minimum Gasteiger partial charge on any atom is -0.494 e. The van der Waals surface area contributed by atoms with Crippen LogP contribution in [0, 0.1) is 5.92 Å². The highest BCUT2D eigenvalue weighted by atomic mass is 16.6. The molecule has 0 N–H and O–H groups in total. The second-order valence-electron chi connectivity index (χ2n) is 11.2. The number of ether oxygens (including phenoxy) is 4. The first-order valence-electron chi connectivity index (χ1n) is 16.0. The Kier molecular flexibility index (Phi) is 14.8. The van der Waals surface area contributed by atoms with Crippen molar-refractivity contribution >= 4 is 11.9 Å². The van der Waals surface area contributed by atoms with Gasteiger partial charge in [-0.2, -0.15) is 0 Å². The molecule has 2 aromatic carbocycles. The van der Waals surface area contributed by atoms with Gasteiger partial charge in [0.25, 0.3) is 0 Å². The van der Waals surface area contributed by atoms with E-state index in [1.807, 2.05) is 0 Å². The van der Waals surface area contributed by atoms with E-state index in [-0.39, 0.29) is 12.1 Å². The molecular formula is C35H50O6. The van der Waals surface area contributed by atoms with Crippen LogP contribution in [0.25, 0.3) is 0 Å². The van der Waals surface area contributed by atoms with Gasteiger partial charge in [-0.3, -0.25) is 0 Å². The van der Waals surface area contributed by atoms with Crippen molar-refractivity contribution in [3.63, 3.8) is 0 Å². The largest absolute Gasteiger partial charge is 0.494 e. The van der Waals surface area contributed by atoms with Gasteiger partial charge in [-0.15, -0.1) is 0 Å². The molecule has 0 saturated carbocycles. The summed E-state index contributed by atoms with van der Waals surface area (Å²) in [5.74, 6) is 1.10. The van der Waals surface area contributed by atoms with Crippen LogP contribution < -0.4 is 14.2 Å². The zero-order valence-electron chi connectivity index (χ0n) is 25.4. The summed E-state index contributed by atoms with van der Waals surface area (Å²) in [6.45, 7) is 7.28. The second-order valence-corrected chi connectivity index (χ2v) is 11.2. The first-order valence-corrected chi connectivity index (χ1v) is 16.0. The lowest BCUT2D eigenvalue weighted by atomic mass is 9.93. The Balaban J connectivity index is 1.34. The van der Waals surface area contributed by atoms with Crippen molar-refractivity contribution in [1.29, 1.82) is 0 Å². The maximum Gasteiger partial charge on any atom is 0.343 e. The molecule has 226 valence electrons. The molecular weight excluding hydrogens is 516 g/mol. The summed E-state index contributed by atoms with van der Waals surface area (Å²) in [6.07, 6.45) is 16.5.